The molecule has 0 aliphatic heterocycles. The Morgan fingerprint density at radius 1 is 1.43 bits per heavy atom. The number of fused-ring (bicyclic) bond motifs is 2. The predicted octanol–water partition coefficient (Wildman–Crippen LogP) is 1.38. The number of nitrogens with zero attached hydrogens (tertiary/aromatic N) is 4. The molecule has 124 valence electrons. The van der Waals surface area contributed by atoms with Crippen molar-refractivity contribution in [2.24, 2.45) is 0 Å². The molecule has 1 aromatic heterocycles. The van der Waals surface area contributed by atoms with Gasteiger partial charge in [-0.3, -0.25) is 14.9 Å². The Bertz CT molecular complexity index is 674. The average molecular weight is 343 g/mol. The van der Waals surface area contributed by atoms with E-state index in [1.807, 2.05) is 0 Å². The van der Waals surface area contributed by atoms with Crippen molar-refractivity contribution in [1.29, 1.82) is 0 Å². The Morgan fingerprint density at radius 3 is 2.57 bits per heavy atom. The molecular weight excluding hydrogens is 328 g/mol. The summed E-state index contributed by atoms with van der Waals surface area (Å²) in [5.74, 6) is -1.24. The molecule has 2 saturated carbocycles. The lowest BCUT2D eigenvalue weighted by Gasteiger charge is -2.39. The fourth-order valence-corrected chi connectivity index (χ4v) is 3.92. The zero-order chi connectivity index (χ0) is 16.8. The van der Waals surface area contributed by atoms with Gasteiger partial charge in [0.15, 0.2) is 0 Å². The molecule has 0 aromatic carbocycles. The average Bonchev–Trinajstić information content (AvgIpc) is 2.98. The van der Waals surface area contributed by atoms with E-state index < -0.39 is 34.3 Å². The van der Waals surface area contributed by atoms with E-state index in [2.05, 4.69) is 9.97 Å². The lowest BCUT2D eigenvalue weighted by atomic mass is 9.91. The monoisotopic (exact) mass is 342 g/mol. The van der Waals surface area contributed by atoms with Crippen LogP contribution in [0, 0.1) is 10.1 Å². The summed E-state index contributed by atoms with van der Waals surface area (Å²) in [7, 11) is 0. The van der Waals surface area contributed by atoms with E-state index in [0.717, 1.165) is 6.20 Å². The van der Waals surface area contributed by atoms with Crippen LogP contribution >= 0.6 is 11.6 Å². The number of rotatable bonds is 5. The van der Waals surface area contributed by atoms with Gasteiger partial charge < -0.3 is 15.1 Å². The molecule has 2 bridgehead atoms. The minimum atomic E-state index is -1.13. The van der Waals surface area contributed by atoms with Crippen molar-refractivity contribution in [3.8, 4) is 0 Å². The second-order valence-corrected chi connectivity index (χ2v) is 6.55. The highest BCUT2D eigenvalue weighted by molar-refractivity contribution is 6.28. The summed E-state index contributed by atoms with van der Waals surface area (Å²) < 4.78 is 0. The highest BCUT2D eigenvalue weighted by Crippen LogP contribution is 2.55. The number of carboxylic acids is 1. The number of aromatic nitrogens is 2. The van der Waals surface area contributed by atoms with Crippen LogP contribution in [0.3, 0.4) is 0 Å². The van der Waals surface area contributed by atoms with Crippen LogP contribution in [0.2, 0.25) is 5.28 Å². The molecule has 1 aromatic rings. The summed E-state index contributed by atoms with van der Waals surface area (Å²) in [6.07, 6.45) is 3.52. The summed E-state index contributed by atoms with van der Waals surface area (Å²) in [6, 6.07) is 0. The first-order valence-electron chi connectivity index (χ1n) is 7.14. The number of hydrogen-bond donors (Lipinski definition) is 2. The van der Waals surface area contributed by atoms with Crippen molar-refractivity contribution < 1.29 is 19.9 Å². The second kappa shape index (κ2) is 5.27. The van der Waals surface area contributed by atoms with Gasteiger partial charge in [-0.15, -0.1) is 0 Å². The van der Waals surface area contributed by atoms with Crippen molar-refractivity contribution >= 4 is 29.1 Å². The lowest BCUT2D eigenvalue weighted by Crippen LogP contribution is -2.49. The molecule has 0 saturated heterocycles. The van der Waals surface area contributed by atoms with Crippen LogP contribution in [0.25, 0.3) is 0 Å². The Labute approximate surface area is 136 Å². The zero-order valence-corrected chi connectivity index (χ0v) is 12.9. The minimum absolute atomic E-state index is 0.108. The van der Waals surface area contributed by atoms with Gasteiger partial charge in [0.25, 0.3) is 0 Å². The Hall–Kier alpha value is -2.00. The van der Waals surface area contributed by atoms with Crippen LogP contribution < -0.4 is 4.90 Å². The molecule has 10 heteroatoms. The smallest absolute Gasteiger partial charge is 0.329 e. The third-order valence-corrected chi connectivity index (χ3v) is 4.99. The molecule has 2 aliphatic carbocycles. The van der Waals surface area contributed by atoms with E-state index in [9.17, 15) is 25.1 Å². The molecule has 2 fully saturated rings. The number of aliphatic hydroxyl groups is 1. The molecule has 1 heterocycles. The minimum Gasteiger partial charge on any atom is -0.480 e. The summed E-state index contributed by atoms with van der Waals surface area (Å²) in [6.45, 7) is -0.454. The molecule has 2 aliphatic rings. The molecule has 23 heavy (non-hydrogen) atoms. The largest absolute Gasteiger partial charge is 0.480 e. The first-order valence-corrected chi connectivity index (χ1v) is 7.51. The van der Waals surface area contributed by atoms with Gasteiger partial charge in [0.1, 0.15) is 12.7 Å². The summed E-state index contributed by atoms with van der Waals surface area (Å²) in [5, 5.41) is 30.7. The topological polar surface area (TPSA) is 130 Å². The van der Waals surface area contributed by atoms with Crippen LogP contribution in [-0.4, -0.2) is 48.8 Å². The molecule has 0 atom stereocenters. The third kappa shape index (κ3) is 2.70. The highest BCUT2D eigenvalue weighted by atomic mass is 35.5. The van der Waals surface area contributed by atoms with E-state index >= 15 is 0 Å². The Balaban J connectivity index is 2.09. The molecule has 0 amide bonds. The maximum Gasteiger partial charge on any atom is 0.329 e. The second-order valence-electron chi connectivity index (χ2n) is 6.21. The summed E-state index contributed by atoms with van der Waals surface area (Å²) in [5.41, 5.74) is -1.88. The van der Waals surface area contributed by atoms with Gasteiger partial charge in [0.2, 0.25) is 11.1 Å². The number of carbonyl (C=O) groups is 1. The number of nitro groups is 1. The van der Waals surface area contributed by atoms with Crippen LogP contribution in [0.4, 0.5) is 11.5 Å². The van der Waals surface area contributed by atoms with Crippen molar-refractivity contribution in [3.63, 3.8) is 0 Å². The summed E-state index contributed by atoms with van der Waals surface area (Å²) in [4.78, 5) is 30.9. The molecular formula is C13H15ClN4O5. The first-order chi connectivity index (χ1) is 10.7. The van der Waals surface area contributed by atoms with Crippen LogP contribution in [0.5, 0.6) is 0 Å². The molecule has 2 N–H and O–H groups in total. The normalized spacial score (nSPS) is 28.8. The van der Waals surface area contributed by atoms with E-state index in [1.165, 1.54) is 4.90 Å². The van der Waals surface area contributed by atoms with Gasteiger partial charge in [-0.05, 0) is 43.7 Å². The van der Waals surface area contributed by atoms with E-state index in [4.69, 9.17) is 11.6 Å². The van der Waals surface area contributed by atoms with Crippen LogP contribution in [-0.2, 0) is 4.79 Å². The van der Waals surface area contributed by atoms with Gasteiger partial charge in [-0.25, -0.2) is 4.98 Å². The number of aliphatic carboxylic acids is 1. The van der Waals surface area contributed by atoms with Gasteiger partial charge in [-0.1, -0.05) is 0 Å². The number of halogens is 1. The highest BCUT2D eigenvalue weighted by Gasteiger charge is 2.57. The molecule has 3 rings (SSSR count). The van der Waals surface area contributed by atoms with Crippen molar-refractivity contribution in [2.75, 3.05) is 11.4 Å². The quantitative estimate of drug-likeness (QED) is 0.466. The Kier molecular flexibility index (Phi) is 3.64. The zero-order valence-electron chi connectivity index (χ0n) is 12.1. The van der Waals surface area contributed by atoms with Crippen molar-refractivity contribution in [2.45, 2.75) is 43.2 Å². The van der Waals surface area contributed by atoms with E-state index in [0.29, 0.717) is 32.1 Å². The lowest BCUT2D eigenvalue weighted by molar-refractivity contribution is -0.384. The van der Waals surface area contributed by atoms with E-state index in [1.54, 1.807) is 0 Å². The maximum atomic E-state index is 11.3. The predicted molar refractivity (Wildman–Crippen MR) is 79.4 cm³/mol. The fraction of sp³-hybridized carbons (Fsp3) is 0.615. The molecule has 9 nitrogen and oxygen atoms in total. The molecule has 0 unspecified atom stereocenters. The van der Waals surface area contributed by atoms with Gasteiger partial charge in [0.05, 0.1) is 10.5 Å². The van der Waals surface area contributed by atoms with Crippen LogP contribution in [0.15, 0.2) is 6.20 Å². The number of anilines is 1. The maximum absolute atomic E-state index is 11.3. The number of carboxylic acid groups (broad SMARTS) is 1. The van der Waals surface area contributed by atoms with Crippen LogP contribution in [0.1, 0.15) is 32.1 Å². The molecule has 0 spiro atoms. The first kappa shape index (κ1) is 15.9. The van der Waals surface area contributed by atoms with Gasteiger partial charge in [0, 0.05) is 5.54 Å². The van der Waals surface area contributed by atoms with Gasteiger partial charge >= 0.3 is 11.7 Å². The van der Waals surface area contributed by atoms with Crippen molar-refractivity contribution in [3.05, 3.63) is 21.6 Å². The van der Waals surface area contributed by atoms with E-state index in [-0.39, 0.29) is 11.1 Å². The SMILES string of the molecule is O=C(O)CN(c1nc(Cl)ncc1[N+](=O)[O-])C12CCC(O)(CC1)C2. The third-order valence-electron chi connectivity index (χ3n) is 4.81. The fourth-order valence-electron chi connectivity index (χ4n) is 3.79. The number of hydrogen-bond acceptors (Lipinski definition) is 7. The van der Waals surface area contributed by atoms with Gasteiger partial charge in [-0.2, -0.15) is 4.98 Å². The molecule has 0 radical (unpaired) electrons. The standard InChI is InChI=1S/C13H15ClN4O5/c14-11-15-5-8(18(22)23)10(16-11)17(6-9(19)20)12-1-3-13(21,7-12)4-2-12/h5,21H,1-4,6-7H2,(H,19,20). The van der Waals surface area contributed by atoms with Crippen molar-refractivity contribution in [1.82, 2.24) is 9.97 Å². The summed E-state index contributed by atoms with van der Waals surface area (Å²) >= 11 is 5.77. The Morgan fingerprint density at radius 2 is 2.09 bits per heavy atom.